The molecule has 0 spiro atoms. The van der Waals surface area contributed by atoms with E-state index in [1.165, 1.54) is 11.8 Å². The van der Waals surface area contributed by atoms with Crippen LogP contribution in [0.3, 0.4) is 0 Å². The molecular weight excluding hydrogens is 241 g/mol. The Morgan fingerprint density at radius 1 is 1.43 bits per heavy atom. The van der Waals surface area contributed by atoms with Crippen LogP contribution in [0.1, 0.15) is 10.4 Å². The molecule has 0 heterocycles. The Morgan fingerprint density at radius 2 is 2.00 bits per heavy atom. The second kappa shape index (κ2) is 5.49. The maximum absolute atomic E-state index is 11.6. The highest BCUT2D eigenvalue weighted by atomic mass is 35.5. The number of benzene rings is 1. The van der Waals surface area contributed by atoms with Gasteiger partial charge in [-0.2, -0.15) is 0 Å². The topological polar surface area (TPSA) is 29.1 Å². The van der Waals surface area contributed by atoms with Crippen LogP contribution in [0, 0.1) is 0 Å². The minimum absolute atomic E-state index is 0.241. The van der Waals surface area contributed by atoms with E-state index in [1.807, 2.05) is 6.26 Å². The normalized spacial score (nSPS) is 9.93. The van der Waals surface area contributed by atoms with E-state index in [0.29, 0.717) is 21.5 Å². The van der Waals surface area contributed by atoms with Crippen LogP contribution in [0.25, 0.3) is 0 Å². The van der Waals surface area contributed by atoms with Crippen molar-refractivity contribution in [3.8, 4) is 0 Å². The lowest BCUT2D eigenvalue weighted by Crippen LogP contribution is -2.23. The molecule has 0 saturated heterocycles. The number of hydrogen-bond acceptors (Lipinski definition) is 2. The van der Waals surface area contributed by atoms with Crippen molar-refractivity contribution in [1.29, 1.82) is 0 Å². The molecule has 1 aromatic carbocycles. The maximum atomic E-state index is 11.6. The molecule has 76 valence electrons. The van der Waals surface area contributed by atoms with Crippen molar-refractivity contribution in [2.24, 2.45) is 0 Å². The van der Waals surface area contributed by atoms with E-state index in [9.17, 15) is 4.79 Å². The minimum Gasteiger partial charge on any atom is -0.343 e. The maximum Gasteiger partial charge on any atom is 0.254 e. The number of halogens is 2. The first-order valence-corrected chi connectivity index (χ1v) is 6.03. The van der Waals surface area contributed by atoms with Gasteiger partial charge in [0, 0.05) is 0 Å². The van der Waals surface area contributed by atoms with Crippen LogP contribution in [0.4, 0.5) is 0 Å². The van der Waals surface area contributed by atoms with Crippen molar-refractivity contribution in [2.75, 3.05) is 12.1 Å². The van der Waals surface area contributed by atoms with E-state index in [-0.39, 0.29) is 5.91 Å². The lowest BCUT2D eigenvalue weighted by Gasteiger charge is -2.06. The first-order valence-electron chi connectivity index (χ1n) is 3.88. The average molecular weight is 250 g/mol. The summed E-state index contributed by atoms with van der Waals surface area (Å²) < 4.78 is 0. The van der Waals surface area contributed by atoms with E-state index in [2.05, 4.69) is 5.32 Å². The molecule has 0 bridgehead atoms. The van der Waals surface area contributed by atoms with Gasteiger partial charge in [0.2, 0.25) is 0 Å². The first kappa shape index (κ1) is 11.7. The number of hydrogen-bond donors (Lipinski definition) is 1. The van der Waals surface area contributed by atoms with E-state index >= 15 is 0 Å². The summed E-state index contributed by atoms with van der Waals surface area (Å²) in [4.78, 5) is 11.6. The van der Waals surface area contributed by atoms with Crippen LogP contribution >= 0.6 is 35.0 Å². The Hall–Kier alpha value is -0.380. The Kier molecular flexibility index (Phi) is 4.58. The van der Waals surface area contributed by atoms with Gasteiger partial charge in [0.15, 0.2) is 0 Å². The number of thioether (sulfide) groups is 1. The van der Waals surface area contributed by atoms with Crippen molar-refractivity contribution in [1.82, 2.24) is 5.32 Å². The van der Waals surface area contributed by atoms with Crippen molar-refractivity contribution in [3.05, 3.63) is 33.8 Å². The van der Waals surface area contributed by atoms with Gasteiger partial charge < -0.3 is 5.32 Å². The molecule has 0 aliphatic carbocycles. The molecule has 5 heteroatoms. The Morgan fingerprint density at radius 3 is 2.50 bits per heavy atom. The molecule has 14 heavy (non-hydrogen) atoms. The molecule has 0 radical (unpaired) electrons. The highest BCUT2D eigenvalue weighted by molar-refractivity contribution is 7.98. The second-order valence-electron chi connectivity index (χ2n) is 2.54. The molecule has 2 nitrogen and oxygen atoms in total. The summed E-state index contributed by atoms with van der Waals surface area (Å²) >= 11 is 13.2. The van der Waals surface area contributed by atoms with Gasteiger partial charge in [0.05, 0.1) is 21.5 Å². The van der Waals surface area contributed by atoms with Gasteiger partial charge in [-0.15, -0.1) is 11.8 Å². The van der Waals surface area contributed by atoms with Gasteiger partial charge in [0.1, 0.15) is 0 Å². The van der Waals surface area contributed by atoms with Crippen LogP contribution in [-0.2, 0) is 0 Å². The van der Waals surface area contributed by atoms with Crippen LogP contribution in [-0.4, -0.2) is 18.0 Å². The van der Waals surface area contributed by atoms with Gasteiger partial charge >= 0.3 is 0 Å². The largest absolute Gasteiger partial charge is 0.343 e. The van der Waals surface area contributed by atoms with Crippen molar-refractivity contribution in [3.63, 3.8) is 0 Å². The average Bonchev–Trinajstić information content (AvgIpc) is 2.14. The molecule has 1 rings (SSSR count). The number of nitrogens with one attached hydrogen (secondary N) is 1. The number of carbonyl (C=O) groups is 1. The third-order valence-corrected chi connectivity index (χ3v) is 2.63. The monoisotopic (exact) mass is 249 g/mol. The molecule has 1 N–H and O–H groups in total. The van der Waals surface area contributed by atoms with Crippen molar-refractivity contribution in [2.45, 2.75) is 0 Å². The quantitative estimate of drug-likeness (QED) is 0.835. The van der Waals surface area contributed by atoms with E-state index in [4.69, 9.17) is 23.2 Å². The Labute approximate surface area is 97.0 Å². The first-order chi connectivity index (χ1) is 6.66. The molecule has 0 atom stereocenters. The molecule has 1 amide bonds. The second-order valence-corrected chi connectivity index (χ2v) is 4.22. The van der Waals surface area contributed by atoms with Gasteiger partial charge in [-0.25, -0.2) is 0 Å². The fourth-order valence-electron chi connectivity index (χ4n) is 0.941. The van der Waals surface area contributed by atoms with Gasteiger partial charge in [0.25, 0.3) is 5.91 Å². The zero-order valence-electron chi connectivity index (χ0n) is 7.51. The van der Waals surface area contributed by atoms with Crippen LogP contribution in [0.2, 0.25) is 10.0 Å². The predicted octanol–water partition coefficient (Wildman–Crippen LogP) is 3.04. The summed E-state index contributed by atoms with van der Waals surface area (Å²) in [6, 6.07) is 4.99. The summed E-state index contributed by atoms with van der Waals surface area (Å²) in [5.74, 6) is 0.301. The minimum atomic E-state index is -0.241. The van der Waals surface area contributed by atoms with Crippen molar-refractivity contribution < 1.29 is 4.79 Å². The SMILES string of the molecule is CSCNC(=O)c1c(Cl)cccc1Cl. The van der Waals surface area contributed by atoms with Crippen LogP contribution < -0.4 is 5.32 Å². The molecular formula is C9H9Cl2NOS. The van der Waals surface area contributed by atoms with E-state index in [0.717, 1.165) is 0 Å². The van der Waals surface area contributed by atoms with Crippen molar-refractivity contribution >= 4 is 40.9 Å². The third kappa shape index (κ3) is 2.80. The summed E-state index contributed by atoms with van der Waals surface area (Å²) in [5, 5.41) is 3.43. The number of amides is 1. The fraction of sp³-hybridized carbons (Fsp3) is 0.222. The van der Waals surface area contributed by atoms with Crippen LogP contribution in [0.5, 0.6) is 0 Å². The van der Waals surface area contributed by atoms with Crippen LogP contribution in [0.15, 0.2) is 18.2 Å². The zero-order chi connectivity index (χ0) is 10.6. The fourth-order valence-corrected chi connectivity index (χ4v) is 1.79. The lowest BCUT2D eigenvalue weighted by molar-refractivity contribution is 0.0961. The summed E-state index contributed by atoms with van der Waals surface area (Å²) in [5.41, 5.74) is 0.338. The number of carbonyl (C=O) groups excluding carboxylic acids is 1. The summed E-state index contributed by atoms with van der Waals surface area (Å²) in [6.45, 7) is 0. The molecule has 0 aliphatic rings. The molecule has 1 aromatic rings. The third-order valence-electron chi connectivity index (χ3n) is 1.57. The zero-order valence-corrected chi connectivity index (χ0v) is 9.84. The summed E-state index contributed by atoms with van der Waals surface area (Å²) in [6.07, 6.45) is 1.90. The van der Waals surface area contributed by atoms with Gasteiger partial charge in [-0.3, -0.25) is 4.79 Å². The van der Waals surface area contributed by atoms with Gasteiger partial charge in [-0.1, -0.05) is 29.3 Å². The van der Waals surface area contributed by atoms with E-state index in [1.54, 1.807) is 18.2 Å². The molecule has 0 unspecified atom stereocenters. The lowest BCUT2D eigenvalue weighted by atomic mass is 10.2. The molecule has 0 aliphatic heterocycles. The molecule has 0 fully saturated rings. The number of rotatable bonds is 3. The highest BCUT2D eigenvalue weighted by Gasteiger charge is 2.13. The standard InChI is InChI=1S/C9H9Cl2NOS/c1-14-5-12-9(13)8-6(10)3-2-4-7(8)11/h2-4H,5H2,1H3,(H,12,13). The predicted molar refractivity (Wildman–Crippen MR) is 62.3 cm³/mol. The molecule has 0 saturated carbocycles. The van der Waals surface area contributed by atoms with E-state index < -0.39 is 0 Å². The summed E-state index contributed by atoms with van der Waals surface area (Å²) in [7, 11) is 0. The van der Waals surface area contributed by atoms with Gasteiger partial charge in [-0.05, 0) is 18.4 Å². The Balaban J connectivity index is 2.89. The smallest absolute Gasteiger partial charge is 0.254 e. The molecule has 0 aromatic heterocycles. The Bertz CT molecular complexity index is 323. The highest BCUT2D eigenvalue weighted by Crippen LogP contribution is 2.23.